The van der Waals surface area contributed by atoms with Crippen LogP contribution in [-0.2, 0) is 6.42 Å². The van der Waals surface area contributed by atoms with Gasteiger partial charge in [-0.1, -0.05) is 23.7 Å². The third kappa shape index (κ3) is 4.67. The topological polar surface area (TPSA) is 122 Å². The molecule has 2 amide bonds. The number of carbonyl (C=O) groups is 2. The maximum Gasteiger partial charge on any atom is 0.267 e. The van der Waals surface area contributed by atoms with Gasteiger partial charge in [0.25, 0.3) is 11.8 Å². The zero-order valence-corrected chi connectivity index (χ0v) is 18.7. The second-order valence-electron chi connectivity index (χ2n) is 7.16. The van der Waals surface area contributed by atoms with Gasteiger partial charge in [-0.2, -0.15) is 5.26 Å². The predicted molar refractivity (Wildman–Crippen MR) is 124 cm³/mol. The lowest BCUT2D eigenvalue weighted by Gasteiger charge is -2.09. The molecule has 7 nitrogen and oxygen atoms in total. The maximum atomic E-state index is 13.9. The summed E-state index contributed by atoms with van der Waals surface area (Å²) in [5, 5.41) is 13.1. The number of nitrogens with one attached hydrogen (secondary N) is 1. The molecule has 0 saturated heterocycles. The molecule has 0 aliphatic rings. The summed E-state index contributed by atoms with van der Waals surface area (Å²) in [7, 11) is 0. The van der Waals surface area contributed by atoms with Crippen molar-refractivity contribution in [3.63, 3.8) is 0 Å². The van der Waals surface area contributed by atoms with Gasteiger partial charge in [0.15, 0.2) is 0 Å². The van der Waals surface area contributed by atoms with Crippen LogP contribution in [0.5, 0.6) is 0 Å². The van der Waals surface area contributed by atoms with Crippen LogP contribution in [0.2, 0.25) is 5.02 Å². The van der Waals surface area contributed by atoms with E-state index in [0.29, 0.717) is 22.7 Å². The van der Waals surface area contributed by atoms with Gasteiger partial charge in [-0.15, -0.1) is 11.3 Å². The molecule has 0 fully saturated rings. The number of pyridine rings is 1. The Hall–Kier alpha value is -3.87. The van der Waals surface area contributed by atoms with Crippen LogP contribution in [0.4, 0.5) is 9.39 Å². The zero-order chi connectivity index (χ0) is 23.7. The third-order valence-corrected chi connectivity index (χ3v) is 6.22. The van der Waals surface area contributed by atoms with Crippen molar-refractivity contribution in [3.8, 4) is 6.07 Å². The molecule has 10 heteroatoms. The summed E-state index contributed by atoms with van der Waals surface area (Å²) < 4.78 is 13.9. The molecule has 2 heterocycles. The lowest BCUT2D eigenvalue weighted by atomic mass is 10.1. The summed E-state index contributed by atoms with van der Waals surface area (Å²) in [5.41, 5.74) is 7.50. The van der Waals surface area contributed by atoms with Crippen molar-refractivity contribution in [2.24, 2.45) is 5.73 Å². The van der Waals surface area contributed by atoms with Gasteiger partial charge in [0.1, 0.15) is 16.5 Å². The summed E-state index contributed by atoms with van der Waals surface area (Å²) in [6, 6.07) is 12.8. The summed E-state index contributed by atoms with van der Waals surface area (Å²) >= 11 is 7.21. The number of hydrogen-bond donors (Lipinski definition) is 2. The van der Waals surface area contributed by atoms with Gasteiger partial charge < -0.3 is 11.1 Å². The summed E-state index contributed by atoms with van der Waals surface area (Å²) in [6.45, 7) is 1.76. The standard InChI is InChI=1S/C23H15ClFN5O2S/c1-11-23(33-20(28-11)6-12-2-4-13(10-26)5-3-12)30-22(32)15-8-19(21(27)31)29-18-9-17(25)16(24)7-14(15)18/h2-5,7-9H,6H2,1H3,(H2,27,31)(H,30,32). The van der Waals surface area contributed by atoms with Crippen molar-refractivity contribution in [1.29, 1.82) is 5.26 Å². The number of aryl methyl sites for hydroxylation is 1. The van der Waals surface area contributed by atoms with Gasteiger partial charge in [0.05, 0.1) is 38.4 Å². The lowest BCUT2D eigenvalue weighted by molar-refractivity contribution is 0.0996. The summed E-state index contributed by atoms with van der Waals surface area (Å²) in [6.07, 6.45) is 0.534. The number of primary amides is 1. The Bertz CT molecular complexity index is 1460. The molecule has 0 unspecified atom stereocenters. The zero-order valence-electron chi connectivity index (χ0n) is 17.1. The van der Waals surface area contributed by atoms with Crippen LogP contribution < -0.4 is 11.1 Å². The number of nitrogens with zero attached hydrogens (tertiary/aromatic N) is 3. The van der Waals surface area contributed by atoms with Crippen molar-refractivity contribution >= 4 is 50.7 Å². The highest BCUT2D eigenvalue weighted by Gasteiger charge is 2.19. The molecule has 164 valence electrons. The number of benzene rings is 2. The number of thiazole rings is 1. The molecule has 0 saturated carbocycles. The number of anilines is 1. The number of rotatable bonds is 5. The highest BCUT2D eigenvalue weighted by atomic mass is 35.5. The SMILES string of the molecule is Cc1nc(Cc2ccc(C#N)cc2)sc1NC(=O)c1cc(C(N)=O)nc2cc(F)c(Cl)cc12. The number of fused-ring (bicyclic) bond motifs is 1. The first-order valence-electron chi connectivity index (χ1n) is 9.61. The number of nitriles is 1. The fourth-order valence-electron chi connectivity index (χ4n) is 3.22. The molecular weight excluding hydrogens is 465 g/mol. The third-order valence-electron chi connectivity index (χ3n) is 4.85. The Morgan fingerprint density at radius 3 is 2.61 bits per heavy atom. The summed E-state index contributed by atoms with van der Waals surface area (Å²) in [5.74, 6) is -2.11. The smallest absolute Gasteiger partial charge is 0.267 e. The highest BCUT2D eigenvalue weighted by Crippen LogP contribution is 2.29. The normalized spacial score (nSPS) is 10.7. The van der Waals surface area contributed by atoms with Gasteiger partial charge in [0.2, 0.25) is 0 Å². The molecular formula is C23H15ClFN5O2S. The molecule has 33 heavy (non-hydrogen) atoms. The van der Waals surface area contributed by atoms with Crippen molar-refractivity contribution < 1.29 is 14.0 Å². The monoisotopic (exact) mass is 479 g/mol. The Labute approximate surface area is 196 Å². The molecule has 2 aromatic carbocycles. The van der Waals surface area contributed by atoms with Gasteiger partial charge in [-0.25, -0.2) is 14.4 Å². The van der Waals surface area contributed by atoms with E-state index in [1.54, 1.807) is 19.1 Å². The minimum Gasteiger partial charge on any atom is -0.364 e. The first kappa shape index (κ1) is 22.3. The van der Waals surface area contributed by atoms with E-state index < -0.39 is 17.6 Å². The average Bonchev–Trinajstić information content (AvgIpc) is 3.12. The van der Waals surface area contributed by atoms with E-state index in [9.17, 15) is 14.0 Å². The highest BCUT2D eigenvalue weighted by molar-refractivity contribution is 7.16. The number of aromatic nitrogens is 2. The molecule has 4 rings (SSSR count). The molecule has 0 aliphatic carbocycles. The molecule has 0 spiro atoms. The second kappa shape index (κ2) is 8.94. The van der Waals surface area contributed by atoms with E-state index in [4.69, 9.17) is 22.6 Å². The van der Waals surface area contributed by atoms with Gasteiger partial charge >= 0.3 is 0 Å². The van der Waals surface area contributed by atoms with E-state index in [2.05, 4.69) is 21.4 Å². The Morgan fingerprint density at radius 1 is 1.21 bits per heavy atom. The van der Waals surface area contributed by atoms with Crippen LogP contribution in [0.15, 0.2) is 42.5 Å². The fraction of sp³-hybridized carbons (Fsp3) is 0.0870. The molecule has 0 bridgehead atoms. The minimum atomic E-state index is -0.847. The van der Waals surface area contributed by atoms with Crippen molar-refractivity contribution in [2.75, 3.05) is 5.32 Å². The molecule has 4 aromatic rings. The number of hydrogen-bond acceptors (Lipinski definition) is 6. The van der Waals surface area contributed by atoms with E-state index in [0.717, 1.165) is 16.6 Å². The van der Waals surface area contributed by atoms with Crippen LogP contribution >= 0.6 is 22.9 Å². The molecule has 2 aromatic heterocycles. The number of nitrogens with two attached hydrogens (primary N) is 1. The maximum absolute atomic E-state index is 13.9. The van der Waals surface area contributed by atoms with E-state index in [-0.39, 0.29) is 27.2 Å². The number of halogens is 2. The van der Waals surface area contributed by atoms with Crippen molar-refractivity contribution in [3.05, 3.63) is 86.4 Å². The van der Waals surface area contributed by atoms with Crippen LogP contribution in [-0.4, -0.2) is 21.8 Å². The Morgan fingerprint density at radius 2 is 1.94 bits per heavy atom. The first-order valence-corrected chi connectivity index (χ1v) is 10.8. The average molecular weight is 480 g/mol. The van der Waals surface area contributed by atoms with Gasteiger partial charge in [-0.3, -0.25) is 9.59 Å². The van der Waals surface area contributed by atoms with Gasteiger partial charge in [0, 0.05) is 17.9 Å². The fourth-order valence-corrected chi connectivity index (χ4v) is 4.38. The lowest BCUT2D eigenvalue weighted by Crippen LogP contribution is -2.17. The molecule has 0 aliphatic heterocycles. The Kier molecular flexibility index (Phi) is 6.05. The Balaban J connectivity index is 1.65. The van der Waals surface area contributed by atoms with Crippen molar-refractivity contribution in [1.82, 2.24) is 9.97 Å². The first-order chi connectivity index (χ1) is 15.7. The number of carbonyl (C=O) groups excluding carboxylic acids is 2. The van der Waals surface area contributed by atoms with Crippen LogP contribution in [0.3, 0.4) is 0 Å². The predicted octanol–water partition coefficient (Wildman–Crippen LogP) is 4.61. The molecule has 0 atom stereocenters. The van der Waals surface area contributed by atoms with Crippen LogP contribution in [0.25, 0.3) is 10.9 Å². The quantitative estimate of drug-likeness (QED) is 0.433. The summed E-state index contributed by atoms with van der Waals surface area (Å²) in [4.78, 5) is 33.3. The second-order valence-corrected chi connectivity index (χ2v) is 8.66. The number of amides is 2. The molecule has 3 N–H and O–H groups in total. The van der Waals surface area contributed by atoms with Crippen LogP contribution in [0.1, 0.15) is 42.7 Å². The van der Waals surface area contributed by atoms with E-state index in [1.807, 2.05) is 12.1 Å². The van der Waals surface area contributed by atoms with Crippen molar-refractivity contribution in [2.45, 2.75) is 13.3 Å². The molecule has 0 radical (unpaired) electrons. The van der Waals surface area contributed by atoms with E-state index in [1.165, 1.54) is 23.5 Å². The minimum absolute atomic E-state index is 0.0807. The van der Waals surface area contributed by atoms with Gasteiger partial charge in [-0.05, 0) is 36.8 Å². The van der Waals surface area contributed by atoms with E-state index >= 15 is 0 Å². The largest absolute Gasteiger partial charge is 0.364 e. The van der Waals surface area contributed by atoms with Crippen LogP contribution in [0, 0.1) is 24.1 Å².